The van der Waals surface area contributed by atoms with Crippen molar-refractivity contribution in [3.63, 3.8) is 0 Å². The number of nitrogens with one attached hydrogen (secondary N) is 1. The van der Waals surface area contributed by atoms with Crippen LogP contribution in [0.1, 0.15) is 36.0 Å². The van der Waals surface area contributed by atoms with Gasteiger partial charge in [0.05, 0.1) is 15.6 Å². The third-order valence-corrected chi connectivity index (χ3v) is 4.87. The van der Waals surface area contributed by atoms with Crippen LogP contribution in [-0.4, -0.2) is 11.9 Å². The van der Waals surface area contributed by atoms with Crippen molar-refractivity contribution in [2.75, 3.05) is 0 Å². The molecular formula is C14H15Cl2NO. The summed E-state index contributed by atoms with van der Waals surface area (Å²) in [6, 6.07) is 5.45. The zero-order valence-electron chi connectivity index (χ0n) is 9.96. The van der Waals surface area contributed by atoms with Gasteiger partial charge in [-0.3, -0.25) is 4.79 Å². The van der Waals surface area contributed by atoms with Gasteiger partial charge in [0.1, 0.15) is 0 Å². The molecule has 0 spiro atoms. The summed E-state index contributed by atoms with van der Waals surface area (Å²) < 4.78 is 0. The maximum Gasteiger partial charge on any atom is 0.254 e. The Labute approximate surface area is 117 Å². The Morgan fingerprint density at radius 3 is 2.44 bits per heavy atom. The van der Waals surface area contributed by atoms with Gasteiger partial charge in [-0.15, -0.1) is 0 Å². The molecule has 2 aliphatic rings. The second-order valence-corrected chi connectivity index (χ2v) is 6.17. The molecule has 0 saturated heterocycles. The van der Waals surface area contributed by atoms with E-state index in [-0.39, 0.29) is 5.91 Å². The van der Waals surface area contributed by atoms with Crippen molar-refractivity contribution in [3.05, 3.63) is 33.8 Å². The minimum Gasteiger partial charge on any atom is -0.349 e. The van der Waals surface area contributed by atoms with Crippen LogP contribution in [0.15, 0.2) is 18.2 Å². The van der Waals surface area contributed by atoms with Crippen LogP contribution in [0.25, 0.3) is 0 Å². The number of rotatable bonds is 2. The Hall–Kier alpha value is -0.730. The van der Waals surface area contributed by atoms with E-state index in [9.17, 15) is 4.79 Å². The average Bonchev–Trinajstić information content (AvgIpc) is 2.90. The van der Waals surface area contributed by atoms with Crippen molar-refractivity contribution >= 4 is 29.1 Å². The van der Waals surface area contributed by atoms with Crippen LogP contribution in [-0.2, 0) is 0 Å². The molecule has 2 fully saturated rings. The second-order valence-electron chi connectivity index (χ2n) is 5.35. The maximum absolute atomic E-state index is 12.2. The van der Waals surface area contributed by atoms with E-state index in [1.165, 1.54) is 19.3 Å². The van der Waals surface area contributed by atoms with Gasteiger partial charge in [0.2, 0.25) is 0 Å². The van der Waals surface area contributed by atoms with E-state index in [1.54, 1.807) is 18.2 Å². The first-order valence-electron chi connectivity index (χ1n) is 6.40. The predicted molar refractivity (Wildman–Crippen MR) is 73.2 cm³/mol. The summed E-state index contributed by atoms with van der Waals surface area (Å²) in [5.74, 6) is 1.32. The van der Waals surface area contributed by atoms with Crippen molar-refractivity contribution < 1.29 is 4.79 Å². The average molecular weight is 284 g/mol. The monoisotopic (exact) mass is 283 g/mol. The highest BCUT2D eigenvalue weighted by Crippen LogP contribution is 2.44. The first-order chi connectivity index (χ1) is 8.65. The van der Waals surface area contributed by atoms with E-state index in [0.29, 0.717) is 27.6 Å². The zero-order valence-corrected chi connectivity index (χ0v) is 11.5. The van der Waals surface area contributed by atoms with E-state index in [1.807, 2.05) is 0 Å². The van der Waals surface area contributed by atoms with Crippen molar-refractivity contribution in [2.45, 2.75) is 31.7 Å². The van der Waals surface area contributed by atoms with Gasteiger partial charge in [0.15, 0.2) is 0 Å². The van der Waals surface area contributed by atoms with Crippen LogP contribution in [0.3, 0.4) is 0 Å². The van der Waals surface area contributed by atoms with E-state index in [4.69, 9.17) is 23.2 Å². The van der Waals surface area contributed by atoms with E-state index < -0.39 is 0 Å². The molecule has 3 rings (SSSR count). The number of carbonyl (C=O) groups is 1. The highest BCUT2D eigenvalue weighted by atomic mass is 35.5. The molecule has 0 aliphatic heterocycles. The minimum absolute atomic E-state index is 0.136. The molecule has 2 aliphatic carbocycles. The number of amides is 1. The molecule has 1 aromatic carbocycles. The van der Waals surface area contributed by atoms with Gasteiger partial charge in [0.25, 0.3) is 5.91 Å². The van der Waals surface area contributed by atoms with Gasteiger partial charge >= 0.3 is 0 Å². The Morgan fingerprint density at radius 1 is 1.17 bits per heavy atom. The molecule has 0 unspecified atom stereocenters. The molecule has 2 bridgehead atoms. The molecule has 2 saturated carbocycles. The van der Waals surface area contributed by atoms with Crippen molar-refractivity contribution in [1.29, 1.82) is 0 Å². The summed E-state index contributed by atoms with van der Waals surface area (Å²) in [6.45, 7) is 0. The van der Waals surface area contributed by atoms with Crippen LogP contribution in [0.4, 0.5) is 0 Å². The lowest BCUT2D eigenvalue weighted by atomic mass is 9.95. The third-order valence-electron chi connectivity index (χ3n) is 4.24. The molecule has 1 amide bonds. The van der Waals surface area contributed by atoms with Crippen molar-refractivity contribution in [1.82, 2.24) is 5.32 Å². The standard InChI is InChI=1S/C14H15Cl2NO/c15-10-2-1-3-11(16)13(10)14(18)17-12-7-8-4-5-9(12)6-8/h1-3,8-9,12H,4-7H2,(H,17,18)/t8-,9-,12+/m1/s1. The number of hydrogen-bond acceptors (Lipinski definition) is 1. The number of fused-ring (bicyclic) bond motifs is 2. The van der Waals surface area contributed by atoms with Crippen LogP contribution in [0.2, 0.25) is 10.0 Å². The first kappa shape index (κ1) is 12.3. The highest BCUT2D eigenvalue weighted by Gasteiger charge is 2.40. The SMILES string of the molecule is O=C(N[C@H]1C[C@@H]2CC[C@@H]1C2)c1c(Cl)cccc1Cl. The molecule has 2 nitrogen and oxygen atoms in total. The van der Waals surface area contributed by atoms with Crippen LogP contribution in [0.5, 0.6) is 0 Å². The predicted octanol–water partition coefficient (Wildman–Crippen LogP) is 3.91. The molecule has 0 heterocycles. The summed E-state index contributed by atoms with van der Waals surface area (Å²) >= 11 is 12.1. The summed E-state index contributed by atoms with van der Waals surface area (Å²) in [5, 5.41) is 3.94. The Kier molecular flexibility index (Phi) is 3.25. The van der Waals surface area contributed by atoms with E-state index in [2.05, 4.69) is 5.32 Å². The Morgan fingerprint density at radius 2 is 1.89 bits per heavy atom. The summed E-state index contributed by atoms with van der Waals surface area (Å²) in [7, 11) is 0. The van der Waals surface area contributed by atoms with Gasteiger partial charge in [0, 0.05) is 6.04 Å². The lowest BCUT2D eigenvalue weighted by molar-refractivity contribution is 0.0923. The summed E-state index contributed by atoms with van der Waals surface area (Å²) in [5.41, 5.74) is 0.406. The normalized spacial score (nSPS) is 29.6. The molecule has 0 radical (unpaired) electrons. The molecule has 3 atom stereocenters. The van der Waals surface area contributed by atoms with Gasteiger partial charge in [-0.1, -0.05) is 35.7 Å². The zero-order chi connectivity index (χ0) is 12.7. The van der Waals surface area contributed by atoms with Crippen LogP contribution < -0.4 is 5.32 Å². The van der Waals surface area contributed by atoms with Crippen LogP contribution >= 0.6 is 23.2 Å². The maximum atomic E-state index is 12.2. The van der Waals surface area contributed by atoms with E-state index >= 15 is 0 Å². The molecule has 96 valence electrons. The van der Waals surface area contributed by atoms with Gasteiger partial charge in [-0.25, -0.2) is 0 Å². The van der Waals surface area contributed by atoms with Crippen LogP contribution in [0, 0.1) is 11.8 Å². The fraction of sp³-hybridized carbons (Fsp3) is 0.500. The summed E-state index contributed by atoms with van der Waals surface area (Å²) in [4.78, 5) is 12.2. The van der Waals surface area contributed by atoms with Crippen molar-refractivity contribution in [2.24, 2.45) is 11.8 Å². The summed E-state index contributed by atoms with van der Waals surface area (Å²) in [6.07, 6.45) is 4.94. The molecule has 1 aromatic rings. The first-order valence-corrected chi connectivity index (χ1v) is 7.15. The minimum atomic E-state index is -0.136. The molecule has 0 aromatic heterocycles. The van der Waals surface area contributed by atoms with E-state index in [0.717, 1.165) is 12.3 Å². The quantitative estimate of drug-likeness (QED) is 0.876. The molecule has 18 heavy (non-hydrogen) atoms. The second kappa shape index (κ2) is 4.75. The molecule has 1 N–H and O–H groups in total. The lowest BCUT2D eigenvalue weighted by Crippen LogP contribution is -2.38. The van der Waals surface area contributed by atoms with Gasteiger partial charge in [-0.05, 0) is 43.2 Å². The number of carbonyl (C=O) groups excluding carboxylic acids is 1. The highest BCUT2D eigenvalue weighted by molar-refractivity contribution is 6.39. The molecule has 4 heteroatoms. The van der Waals surface area contributed by atoms with Gasteiger partial charge < -0.3 is 5.32 Å². The number of benzene rings is 1. The Bertz CT molecular complexity index is 468. The van der Waals surface area contributed by atoms with Crippen molar-refractivity contribution in [3.8, 4) is 0 Å². The molecular weight excluding hydrogens is 269 g/mol. The van der Waals surface area contributed by atoms with Gasteiger partial charge in [-0.2, -0.15) is 0 Å². The lowest BCUT2D eigenvalue weighted by Gasteiger charge is -2.23. The fourth-order valence-corrected chi connectivity index (χ4v) is 3.95. The Balaban J connectivity index is 1.75. The third kappa shape index (κ3) is 2.12. The topological polar surface area (TPSA) is 29.1 Å². The fourth-order valence-electron chi connectivity index (χ4n) is 3.38. The smallest absolute Gasteiger partial charge is 0.254 e. The number of halogens is 2. The number of hydrogen-bond donors (Lipinski definition) is 1. The largest absolute Gasteiger partial charge is 0.349 e.